The molecule has 1 saturated heterocycles. The average molecular weight is 480 g/mol. The second-order valence-corrected chi connectivity index (χ2v) is 8.69. The Morgan fingerprint density at radius 3 is 2.50 bits per heavy atom. The molecule has 2 N–H and O–H groups in total. The molecule has 2 atom stereocenters. The van der Waals surface area contributed by atoms with Gasteiger partial charge in [0.25, 0.3) is 5.91 Å². The summed E-state index contributed by atoms with van der Waals surface area (Å²) in [6.07, 6.45) is -4.08. The Balaban J connectivity index is 1.47. The van der Waals surface area contributed by atoms with Crippen LogP contribution in [0.2, 0.25) is 0 Å². The minimum atomic E-state index is -4.51. The number of nitrogens with zero attached hydrogens (tertiary/aromatic N) is 3. The monoisotopic (exact) mass is 479 g/mol. The van der Waals surface area contributed by atoms with Gasteiger partial charge in [-0.25, -0.2) is 9.48 Å². The molecule has 34 heavy (non-hydrogen) atoms. The number of hydrogen-bond acceptors (Lipinski definition) is 5. The zero-order valence-corrected chi connectivity index (χ0v) is 19.1. The van der Waals surface area contributed by atoms with Crippen molar-refractivity contribution >= 4 is 17.8 Å². The van der Waals surface area contributed by atoms with E-state index < -0.39 is 24.2 Å². The van der Waals surface area contributed by atoms with Gasteiger partial charge in [0, 0.05) is 31.6 Å². The Morgan fingerprint density at radius 2 is 1.88 bits per heavy atom. The maximum absolute atomic E-state index is 13.9. The van der Waals surface area contributed by atoms with Gasteiger partial charge in [0.2, 0.25) is 0 Å². The zero-order valence-electron chi connectivity index (χ0n) is 19.1. The normalized spacial score (nSPS) is 20.9. The maximum atomic E-state index is 13.9. The lowest BCUT2D eigenvalue weighted by molar-refractivity contribution is -0.173. The standard InChI is InChI=1S/C23H28F3N5O3/c1-3-34-22(33)30-10-8-16(9-11-30)27-21(32)18-13-20-28-17(15-6-4-14(2)5-7-15)12-19(23(24,25)26)31(20)29-18/h4-7,13,16-17,19,28H,3,8-12H2,1-2H3,(H,27,32). The van der Waals surface area contributed by atoms with Gasteiger partial charge in [-0.3, -0.25) is 4.79 Å². The molecule has 2 aliphatic heterocycles. The molecule has 2 aromatic rings. The van der Waals surface area contributed by atoms with Gasteiger partial charge in [0.15, 0.2) is 11.7 Å². The number of carbonyl (C=O) groups excluding carboxylic acids is 2. The molecule has 11 heteroatoms. The Kier molecular flexibility index (Phi) is 6.72. The van der Waals surface area contributed by atoms with Crippen molar-refractivity contribution in [2.45, 2.75) is 57.4 Å². The predicted octanol–water partition coefficient (Wildman–Crippen LogP) is 4.20. The summed E-state index contributed by atoms with van der Waals surface area (Å²) in [4.78, 5) is 26.2. The van der Waals surface area contributed by atoms with Gasteiger partial charge in [-0.15, -0.1) is 0 Å². The molecule has 2 aliphatic rings. The van der Waals surface area contributed by atoms with Crippen LogP contribution in [0.15, 0.2) is 30.3 Å². The van der Waals surface area contributed by atoms with Crippen molar-refractivity contribution in [2.24, 2.45) is 0 Å². The van der Waals surface area contributed by atoms with E-state index in [1.807, 2.05) is 31.2 Å². The third-order valence-corrected chi connectivity index (χ3v) is 6.26. The molecule has 0 saturated carbocycles. The topological polar surface area (TPSA) is 88.5 Å². The molecule has 1 aromatic heterocycles. The maximum Gasteiger partial charge on any atom is 0.410 e. The number of aryl methyl sites for hydroxylation is 1. The van der Waals surface area contributed by atoms with Crippen LogP contribution in [0.4, 0.5) is 23.8 Å². The van der Waals surface area contributed by atoms with Crippen LogP contribution in [0.3, 0.4) is 0 Å². The molecule has 0 bridgehead atoms. The van der Waals surface area contributed by atoms with Crippen LogP contribution in [0.5, 0.6) is 0 Å². The summed E-state index contributed by atoms with van der Waals surface area (Å²) < 4.78 is 47.5. The van der Waals surface area contributed by atoms with Gasteiger partial charge in [-0.1, -0.05) is 29.8 Å². The Labute approximate surface area is 195 Å². The molecule has 2 unspecified atom stereocenters. The highest BCUT2D eigenvalue weighted by atomic mass is 19.4. The predicted molar refractivity (Wildman–Crippen MR) is 119 cm³/mol. The summed E-state index contributed by atoms with van der Waals surface area (Å²) in [5.74, 6) is -0.382. The van der Waals surface area contributed by atoms with Gasteiger partial charge in [-0.05, 0) is 32.3 Å². The molecule has 1 aromatic carbocycles. The first-order chi connectivity index (χ1) is 16.2. The zero-order chi connectivity index (χ0) is 24.5. The number of rotatable bonds is 4. The second-order valence-electron chi connectivity index (χ2n) is 8.69. The molecule has 4 rings (SSSR count). The fourth-order valence-corrected chi connectivity index (χ4v) is 4.38. The number of anilines is 1. The Hall–Kier alpha value is -3.24. The summed E-state index contributed by atoms with van der Waals surface area (Å²) >= 11 is 0. The van der Waals surface area contributed by atoms with Crippen LogP contribution < -0.4 is 10.6 Å². The van der Waals surface area contributed by atoms with E-state index in [1.165, 1.54) is 6.07 Å². The van der Waals surface area contributed by atoms with Crippen LogP contribution in [0.1, 0.15) is 59.9 Å². The lowest BCUT2D eigenvalue weighted by atomic mass is 9.96. The molecular weight excluding hydrogens is 451 g/mol. The molecular formula is C23H28F3N5O3. The van der Waals surface area contributed by atoms with Gasteiger partial charge in [-0.2, -0.15) is 18.3 Å². The number of amides is 2. The summed E-state index contributed by atoms with van der Waals surface area (Å²) in [5, 5.41) is 9.95. The van der Waals surface area contributed by atoms with E-state index in [9.17, 15) is 22.8 Å². The van der Waals surface area contributed by atoms with Gasteiger partial charge in [0.1, 0.15) is 5.82 Å². The molecule has 0 spiro atoms. The molecule has 2 amide bonds. The smallest absolute Gasteiger partial charge is 0.410 e. The first-order valence-electron chi connectivity index (χ1n) is 11.4. The fourth-order valence-electron chi connectivity index (χ4n) is 4.38. The van der Waals surface area contributed by atoms with Crippen molar-refractivity contribution in [1.29, 1.82) is 0 Å². The first-order valence-corrected chi connectivity index (χ1v) is 11.4. The van der Waals surface area contributed by atoms with Crippen molar-refractivity contribution in [2.75, 3.05) is 25.0 Å². The number of carbonyl (C=O) groups is 2. The highest BCUT2D eigenvalue weighted by Gasteiger charge is 2.46. The van der Waals surface area contributed by atoms with Crippen molar-refractivity contribution in [3.05, 3.63) is 47.2 Å². The summed E-state index contributed by atoms with van der Waals surface area (Å²) in [5.41, 5.74) is 1.69. The average Bonchev–Trinajstić information content (AvgIpc) is 3.23. The van der Waals surface area contributed by atoms with Crippen molar-refractivity contribution in [3.8, 4) is 0 Å². The van der Waals surface area contributed by atoms with Crippen LogP contribution in [0.25, 0.3) is 0 Å². The third-order valence-electron chi connectivity index (χ3n) is 6.26. The second kappa shape index (κ2) is 9.55. The number of piperidine rings is 1. The van der Waals surface area contributed by atoms with Gasteiger partial charge < -0.3 is 20.3 Å². The van der Waals surface area contributed by atoms with Crippen LogP contribution in [0, 0.1) is 6.92 Å². The minimum absolute atomic E-state index is 0.0749. The largest absolute Gasteiger partial charge is 0.450 e. The lowest BCUT2D eigenvalue weighted by Gasteiger charge is -2.33. The minimum Gasteiger partial charge on any atom is -0.450 e. The number of fused-ring (bicyclic) bond motifs is 1. The number of halogens is 3. The quantitative estimate of drug-likeness (QED) is 0.686. The number of alkyl halides is 3. The number of likely N-dealkylation sites (tertiary alicyclic amines) is 1. The number of benzene rings is 1. The summed E-state index contributed by atoms with van der Waals surface area (Å²) in [7, 11) is 0. The van der Waals surface area contributed by atoms with E-state index in [4.69, 9.17) is 4.74 Å². The molecule has 0 aliphatic carbocycles. The number of hydrogen-bond donors (Lipinski definition) is 2. The molecule has 8 nitrogen and oxygen atoms in total. The van der Waals surface area contributed by atoms with Crippen LogP contribution >= 0.6 is 0 Å². The van der Waals surface area contributed by atoms with Gasteiger partial charge >= 0.3 is 12.3 Å². The van der Waals surface area contributed by atoms with E-state index >= 15 is 0 Å². The number of aromatic nitrogens is 2. The van der Waals surface area contributed by atoms with E-state index in [0.717, 1.165) is 15.8 Å². The lowest BCUT2D eigenvalue weighted by Crippen LogP contribution is -2.46. The van der Waals surface area contributed by atoms with E-state index in [1.54, 1.807) is 11.8 Å². The van der Waals surface area contributed by atoms with Gasteiger partial charge in [0.05, 0.1) is 12.6 Å². The van der Waals surface area contributed by atoms with Crippen LogP contribution in [-0.2, 0) is 4.74 Å². The third kappa shape index (κ3) is 5.13. The fraction of sp³-hybridized carbons (Fsp3) is 0.522. The molecule has 184 valence electrons. The highest BCUT2D eigenvalue weighted by molar-refractivity contribution is 5.93. The number of ether oxygens (including phenoxy) is 1. The van der Waals surface area contributed by atoms with E-state index in [0.29, 0.717) is 25.9 Å². The van der Waals surface area contributed by atoms with Crippen molar-refractivity contribution in [1.82, 2.24) is 20.0 Å². The summed E-state index contributed by atoms with van der Waals surface area (Å²) in [6.45, 7) is 4.80. The van der Waals surface area contributed by atoms with E-state index in [2.05, 4.69) is 15.7 Å². The molecule has 3 heterocycles. The molecule has 0 radical (unpaired) electrons. The Bertz CT molecular complexity index is 1030. The van der Waals surface area contributed by atoms with Crippen LogP contribution in [-0.4, -0.2) is 58.6 Å². The van der Waals surface area contributed by atoms with Crippen molar-refractivity contribution < 1.29 is 27.5 Å². The summed E-state index contributed by atoms with van der Waals surface area (Å²) in [6, 6.07) is 6.09. The SMILES string of the molecule is CCOC(=O)N1CCC(NC(=O)c2cc3n(n2)C(C(F)(F)F)CC(c2ccc(C)cc2)N3)CC1. The molecule has 1 fully saturated rings. The van der Waals surface area contributed by atoms with Crippen molar-refractivity contribution in [3.63, 3.8) is 0 Å². The van der Waals surface area contributed by atoms with E-state index in [-0.39, 0.29) is 36.7 Å². The number of nitrogens with one attached hydrogen (secondary N) is 2. The highest BCUT2D eigenvalue weighted by Crippen LogP contribution is 2.43. The first kappa shape index (κ1) is 23.9. The Morgan fingerprint density at radius 1 is 1.21 bits per heavy atom.